The molecular formula is C9H12BrNO. The van der Waals surface area contributed by atoms with Crippen LogP contribution in [0.25, 0.3) is 0 Å². The molecule has 12 heavy (non-hydrogen) atoms. The predicted molar refractivity (Wildman–Crippen MR) is 52.3 cm³/mol. The highest BCUT2D eigenvalue weighted by Gasteiger charge is 2.00. The lowest BCUT2D eigenvalue weighted by Gasteiger charge is -2.10. The van der Waals surface area contributed by atoms with Crippen molar-refractivity contribution >= 4 is 15.9 Å². The van der Waals surface area contributed by atoms with Crippen LogP contribution in [0, 0.1) is 0 Å². The topological polar surface area (TPSA) is 22.1 Å². The summed E-state index contributed by atoms with van der Waals surface area (Å²) in [5.74, 6) is 0.688. The second kappa shape index (κ2) is 4.45. The molecule has 0 bridgehead atoms. The summed E-state index contributed by atoms with van der Waals surface area (Å²) in [6.07, 6.45) is 2.97. The Labute approximate surface area is 81.1 Å². The van der Waals surface area contributed by atoms with Gasteiger partial charge in [0.05, 0.1) is 6.10 Å². The maximum Gasteiger partial charge on any atom is 0.213 e. The van der Waals surface area contributed by atoms with Crippen LogP contribution in [0.5, 0.6) is 5.88 Å². The summed E-state index contributed by atoms with van der Waals surface area (Å²) >= 11 is 3.31. The number of ether oxygens (including phenoxy) is 1. The first-order chi connectivity index (χ1) is 5.72. The number of nitrogens with zero attached hydrogens (tertiary/aromatic N) is 1. The molecule has 2 nitrogen and oxygen atoms in total. The van der Waals surface area contributed by atoms with Crippen LogP contribution < -0.4 is 4.74 Å². The molecule has 1 aromatic heterocycles. The van der Waals surface area contributed by atoms with E-state index in [9.17, 15) is 0 Å². The Balaban J connectivity index is 2.58. The fourth-order valence-electron chi connectivity index (χ4n) is 0.721. The van der Waals surface area contributed by atoms with Crippen LogP contribution in [0.2, 0.25) is 0 Å². The molecule has 0 radical (unpaired) electrons. The number of pyridine rings is 1. The van der Waals surface area contributed by atoms with E-state index in [0.29, 0.717) is 5.88 Å². The highest BCUT2D eigenvalue weighted by Crippen LogP contribution is 2.13. The molecule has 1 atom stereocenters. The fourth-order valence-corrected chi connectivity index (χ4v) is 0.956. The van der Waals surface area contributed by atoms with E-state index in [0.717, 1.165) is 10.9 Å². The second-order valence-electron chi connectivity index (χ2n) is 2.65. The fraction of sp³-hybridized carbons (Fsp3) is 0.444. The average molecular weight is 230 g/mol. The van der Waals surface area contributed by atoms with Gasteiger partial charge in [0.2, 0.25) is 5.88 Å². The van der Waals surface area contributed by atoms with Gasteiger partial charge in [0.15, 0.2) is 0 Å². The van der Waals surface area contributed by atoms with E-state index < -0.39 is 0 Å². The van der Waals surface area contributed by atoms with Crippen LogP contribution in [0.1, 0.15) is 20.3 Å². The molecule has 1 rings (SSSR count). The lowest BCUT2D eigenvalue weighted by molar-refractivity contribution is 0.208. The normalized spacial score (nSPS) is 12.6. The van der Waals surface area contributed by atoms with Gasteiger partial charge in [0.1, 0.15) is 0 Å². The summed E-state index contributed by atoms with van der Waals surface area (Å²) in [6.45, 7) is 4.12. The van der Waals surface area contributed by atoms with Crippen molar-refractivity contribution in [1.29, 1.82) is 0 Å². The zero-order valence-electron chi connectivity index (χ0n) is 7.25. The zero-order chi connectivity index (χ0) is 8.97. The Bertz CT molecular complexity index is 235. The molecule has 0 aliphatic rings. The minimum atomic E-state index is 0.235. The Hall–Kier alpha value is -0.570. The van der Waals surface area contributed by atoms with Gasteiger partial charge in [-0.15, -0.1) is 0 Å². The third-order valence-electron chi connectivity index (χ3n) is 1.60. The van der Waals surface area contributed by atoms with Crippen LogP contribution in [-0.2, 0) is 0 Å². The SMILES string of the molecule is CCC(C)Oc1ccc(Br)cn1. The first kappa shape index (κ1) is 9.52. The Morgan fingerprint density at radius 1 is 1.58 bits per heavy atom. The molecule has 0 fully saturated rings. The van der Waals surface area contributed by atoms with E-state index in [1.807, 2.05) is 19.1 Å². The van der Waals surface area contributed by atoms with Crippen molar-refractivity contribution in [1.82, 2.24) is 4.98 Å². The van der Waals surface area contributed by atoms with Gasteiger partial charge < -0.3 is 4.74 Å². The number of hydrogen-bond acceptors (Lipinski definition) is 2. The minimum absolute atomic E-state index is 0.235. The van der Waals surface area contributed by atoms with Crippen LogP contribution in [0.3, 0.4) is 0 Å². The molecule has 0 amide bonds. The molecule has 1 heterocycles. The lowest BCUT2D eigenvalue weighted by Crippen LogP contribution is -2.10. The van der Waals surface area contributed by atoms with Gasteiger partial charge in [-0.2, -0.15) is 0 Å². The van der Waals surface area contributed by atoms with Crippen molar-refractivity contribution in [2.24, 2.45) is 0 Å². The molecule has 0 N–H and O–H groups in total. The molecule has 0 saturated heterocycles. The van der Waals surface area contributed by atoms with E-state index in [1.165, 1.54) is 0 Å². The summed E-state index contributed by atoms with van der Waals surface area (Å²) in [6, 6.07) is 3.78. The molecule has 66 valence electrons. The summed E-state index contributed by atoms with van der Waals surface area (Å²) in [5, 5.41) is 0. The molecule has 0 aliphatic carbocycles. The lowest BCUT2D eigenvalue weighted by atomic mass is 10.3. The summed E-state index contributed by atoms with van der Waals surface area (Å²) < 4.78 is 6.46. The van der Waals surface area contributed by atoms with Gasteiger partial charge in [0.25, 0.3) is 0 Å². The number of rotatable bonds is 3. The molecule has 0 aliphatic heterocycles. The maximum atomic E-state index is 5.49. The molecule has 0 saturated carbocycles. The standard InChI is InChI=1S/C9H12BrNO/c1-3-7(2)12-9-5-4-8(10)6-11-9/h4-7H,3H2,1-2H3. The number of halogens is 1. The molecule has 0 spiro atoms. The largest absolute Gasteiger partial charge is 0.475 e. The Kier molecular flexibility index (Phi) is 3.53. The number of aromatic nitrogens is 1. The van der Waals surface area contributed by atoms with Crippen molar-refractivity contribution in [3.8, 4) is 5.88 Å². The molecule has 0 aromatic carbocycles. The van der Waals surface area contributed by atoms with Gasteiger partial charge in [0, 0.05) is 16.7 Å². The third kappa shape index (κ3) is 2.81. The zero-order valence-corrected chi connectivity index (χ0v) is 8.84. The predicted octanol–water partition coefficient (Wildman–Crippen LogP) is 3.02. The van der Waals surface area contributed by atoms with Crippen LogP contribution in [0.15, 0.2) is 22.8 Å². The van der Waals surface area contributed by atoms with Gasteiger partial charge in [-0.05, 0) is 35.3 Å². The highest BCUT2D eigenvalue weighted by molar-refractivity contribution is 9.10. The van der Waals surface area contributed by atoms with E-state index in [-0.39, 0.29) is 6.10 Å². The third-order valence-corrected chi connectivity index (χ3v) is 2.07. The first-order valence-electron chi connectivity index (χ1n) is 4.00. The van der Waals surface area contributed by atoms with Gasteiger partial charge >= 0.3 is 0 Å². The molecular weight excluding hydrogens is 218 g/mol. The van der Waals surface area contributed by atoms with Crippen molar-refractivity contribution in [2.75, 3.05) is 0 Å². The average Bonchev–Trinajstić information content (AvgIpc) is 2.09. The first-order valence-corrected chi connectivity index (χ1v) is 4.80. The Morgan fingerprint density at radius 3 is 2.83 bits per heavy atom. The van der Waals surface area contributed by atoms with E-state index in [1.54, 1.807) is 6.20 Å². The van der Waals surface area contributed by atoms with Gasteiger partial charge in [-0.3, -0.25) is 0 Å². The monoisotopic (exact) mass is 229 g/mol. The minimum Gasteiger partial charge on any atom is -0.475 e. The van der Waals surface area contributed by atoms with Gasteiger partial charge in [-0.25, -0.2) is 4.98 Å². The van der Waals surface area contributed by atoms with Gasteiger partial charge in [-0.1, -0.05) is 6.92 Å². The van der Waals surface area contributed by atoms with Crippen molar-refractivity contribution in [3.05, 3.63) is 22.8 Å². The van der Waals surface area contributed by atoms with Crippen LogP contribution >= 0.6 is 15.9 Å². The van der Waals surface area contributed by atoms with Crippen molar-refractivity contribution in [2.45, 2.75) is 26.4 Å². The second-order valence-corrected chi connectivity index (χ2v) is 3.57. The van der Waals surface area contributed by atoms with Crippen LogP contribution in [-0.4, -0.2) is 11.1 Å². The highest BCUT2D eigenvalue weighted by atomic mass is 79.9. The summed E-state index contributed by atoms with van der Waals surface area (Å²) in [5.41, 5.74) is 0. The van der Waals surface area contributed by atoms with Crippen LogP contribution in [0.4, 0.5) is 0 Å². The van der Waals surface area contributed by atoms with E-state index >= 15 is 0 Å². The quantitative estimate of drug-likeness (QED) is 0.796. The Morgan fingerprint density at radius 2 is 2.33 bits per heavy atom. The molecule has 3 heteroatoms. The molecule has 1 unspecified atom stereocenters. The van der Waals surface area contributed by atoms with E-state index in [2.05, 4.69) is 27.8 Å². The summed E-state index contributed by atoms with van der Waals surface area (Å²) in [4.78, 5) is 4.10. The van der Waals surface area contributed by atoms with Crippen molar-refractivity contribution in [3.63, 3.8) is 0 Å². The summed E-state index contributed by atoms with van der Waals surface area (Å²) in [7, 11) is 0. The maximum absolute atomic E-state index is 5.49. The smallest absolute Gasteiger partial charge is 0.213 e. The van der Waals surface area contributed by atoms with E-state index in [4.69, 9.17) is 4.74 Å². The van der Waals surface area contributed by atoms with Crippen molar-refractivity contribution < 1.29 is 4.74 Å². The molecule has 1 aromatic rings. The number of hydrogen-bond donors (Lipinski definition) is 0.